The van der Waals surface area contributed by atoms with E-state index in [1.807, 2.05) is 4.90 Å². The Labute approximate surface area is 179 Å². The average molecular weight is 437 g/mol. The van der Waals surface area contributed by atoms with Gasteiger partial charge in [-0.2, -0.15) is 13.2 Å². The highest BCUT2D eigenvalue weighted by Crippen LogP contribution is 2.30. The van der Waals surface area contributed by atoms with Crippen molar-refractivity contribution < 1.29 is 27.2 Å². The first-order valence-corrected chi connectivity index (χ1v) is 10.3. The number of carbonyl (C=O) groups excluding carboxylic acids is 2. The zero-order chi connectivity index (χ0) is 22.4. The van der Waals surface area contributed by atoms with E-state index in [2.05, 4.69) is 12.2 Å². The number of halogens is 3. The van der Waals surface area contributed by atoms with E-state index in [9.17, 15) is 22.8 Å². The minimum atomic E-state index is -4.44. The number of benzene rings is 1. The number of furan rings is 1. The van der Waals surface area contributed by atoms with Crippen molar-refractivity contribution in [2.45, 2.75) is 38.9 Å². The highest BCUT2D eigenvalue weighted by molar-refractivity contribution is 5.89. The molecule has 2 heterocycles. The first-order valence-electron chi connectivity index (χ1n) is 10.3. The zero-order valence-corrected chi connectivity index (χ0v) is 17.3. The number of alkyl halides is 3. The third-order valence-corrected chi connectivity index (χ3v) is 5.41. The Morgan fingerprint density at radius 2 is 1.84 bits per heavy atom. The molecule has 0 spiro atoms. The highest BCUT2D eigenvalue weighted by atomic mass is 19.4. The average Bonchev–Trinajstić information content (AvgIpc) is 3.24. The van der Waals surface area contributed by atoms with E-state index >= 15 is 0 Å². The fourth-order valence-electron chi connectivity index (χ4n) is 3.43. The molecule has 0 aliphatic carbocycles. The second-order valence-electron chi connectivity index (χ2n) is 7.82. The topological polar surface area (TPSA) is 65.8 Å². The second-order valence-corrected chi connectivity index (χ2v) is 7.82. The molecule has 1 saturated heterocycles. The Kier molecular flexibility index (Phi) is 7.25. The summed E-state index contributed by atoms with van der Waals surface area (Å²) in [6, 6.07) is 7.11. The van der Waals surface area contributed by atoms with E-state index in [0.29, 0.717) is 11.7 Å². The van der Waals surface area contributed by atoms with Gasteiger partial charge in [0.2, 0.25) is 5.91 Å². The van der Waals surface area contributed by atoms with Gasteiger partial charge in [0, 0.05) is 31.7 Å². The van der Waals surface area contributed by atoms with Gasteiger partial charge >= 0.3 is 12.2 Å². The van der Waals surface area contributed by atoms with Crippen molar-refractivity contribution in [3.8, 4) is 0 Å². The Morgan fingerprint density at radius 3 is 2.42 bits per heavy atom. The van der Waals surface area contributed by atoms with E-state index in [1.165, 1.54) is 23.3 Å². The van der Waals surface area contributed by atoms with Crippen LogP contribution in [0.1, 0.15) is 37.5 Å². The van der Waals surface area contributed by atoms with Crippen molar-refractivity contribution in [2.75, 3.05) is 25.0 Å². The molecule has 0 radical (unpaired) electrons. The van der Waals surface area contributed by atoms with Gasteiger partial charge < -0.3 is 19.5 Å². The van der Waals surface area contributed by atoms with Crippen molar-refractivity contribution in [2.24, 2.45) is 5.92 Å². The highest BCUT2D eigenvalue weighted by Gasteiger charge is 2.30. The van der Waals surface area contributed by atoms with E-state index in [0.717, 1.165) is 38.1 Å². The SMILES string of the molecule is CC1CCN(C(=O)CCN(Cc2ccco2)C(=O)Nc2ccc(C(F)(F)F)cc2)CC1. The number of piperidine rings is 1. The van der Waals surface area contributed by atoms with Gasteiger partial charge in [-0.1, -0.05) is 6.92 Å². The molecule has 1 aromatic carbocycles. The predicted octanol–water partition coefficient (Wildman–Crippen LogP) is 4.98. The number of amides is 3. The summed E-state index contributed by atoms with van der Waals surface area (Å²) in [6.45, 7) is 3.91. The van der Waals surface area contributed by atoms with E-state index in [4.69, 9.17) is 4.42 Å². The van der Waals surface area contributed by atoms with Gasteiger partial charge in [0.25, 0.3) is 0 Å². The fourth-order valence-corrected chi connectivity index (χ4v) is 3.43. The lowest BCUT2D eigenvalue weighted by atomic mass is 9.99. The molecule has 6 nitrogen and oxygen atoms in total. The van der Waals surface area contributed by atoms with Crippen LogP contribution in [-0.2, 0) is 17.5 Å². The monoisotopic (exact) mass is 437 g/mol. The van der Waals surface area contributed by atoms with E-state index < -0.39 is 17.8 Å². The minimum Gasteiger partial charge on any atom is -0.467 e. The van der Waals surface area contributed by atoms with Crippen LogP contribution in [0.15, 0.2) is 47.1 Å². The first-order chi connectivity index (χ1) is 14.7. The number of hydrogen-bond acceptors (Lipinski definition) is 3. The largest absolute Gasteiger partial charge is 0.467 e. The summed E-state index contributed by atoms with van der Waals surface area (Å²) in [6.07, 6.45) is -0.857. The first kappa shape index (κ1) is 22.7. The van der Waals surface area contributed by atoms with Gasteiger partial charge in [-0.05, 0) is 55.2 Å². The number of anilines is 1. The number of hydrogen-bond donors (Lipinski definition) is 1. The van der Waals surface area contributed by atoms with Crippen molar-refractivity contribution >= 4 is 17.6 Å². The molecule has 0 saturated carbocycles. The van der Waals surface area contributed by atoms with E-state index in [-0.39, 0.29) is 31.1 Å². The minimum absolute atomic E-state index is 0.0151. The Morgan fingerprint density at radius 1 is 1.16 bits per heavy atom. The van der Waals surface area contributed by atoms with Gasteiger partial charge in [-0.15, -0.1) is 0 Å². The van der Waals surface area contributed by atoms with Crippen LogP contribution in [-0.4, -0.2) is 41.4 Å². The molecule has 0 unspecified atom stereocenters. The van der Waals surface area contributed by atoms with Crippen LogP contribution in [0.25, 0.3) is 0 Å². The Balaban J connectivity index is 1.62. The quantitative estimate of drug-likeness (QED) is 0.693. The van der Waals surface area contributed by atoms with Crippen molar-refractivity contribution in [1.82, 2.24) is 9.80 Å². The van der Waals surface area contributed by atoms with Gasteiger partial charge in [0.05, 0.1) is 18.4 Å². The molecule has 1 N–H and O–H groups in total. The molecule has 168 valence electrons. The summed E-state index contributed by atoms with van der Waals surface area (Å²) in [7, 11) is 0. The van der Waals surface area contributed by atoms with Gasteiger partial charge in [-0.25, -0.2) is 4.79 Å². The number of urea groups is 1. The van der Waals surface area contributed by atoms with Crippen molar-refractivity contribution in [3.05, 3.63) is 54.0 Å². The normalized spacial score (nSPS) is 15.0. The van der Waals surface area contributed by atoms with E-state index in [1.54, 1.807) is 12.1 Å². The van der Waals surface area contributed by atoms with Crippen molar-refractivity contribution in [1.29, 1.82) is 0 Å². The number of nitrogens with zero attached hydrogens (tertiary/aromatic N) is 2. The lowest BCUT2D eigenvalue weighted by Gasteiger charge is -2.31. The number of rotatable bonds is 6. The number of likely N-dealkylation sites (tertiary alicyclic amines) is 1. The van der Waals surface area contributed by atoms with Crippen LogP contribution in [0.4, 0.5) is 23.7 Å². The van der Waals surface area contributed by atoms with Gasteiger partial charge in [0.15, 0.2) is 0 Å². The Bertz CT molecular complexity index is 858. The number of carbonyl (C=O) groups is 2. The van der Waals surface area contributed by atoms with Crippen molar-refractivity contribution in [3.63, 3.8) is 0 Å². The third-order valence-electron chi connectivity index (χ3n) is 5.41. The summed E-state index contributed by atoms with van der Waals surface area (Å²) < 4.78 is 43.5. The molecule has 1 aromatic heterocycles. The third kappa shape index (κ3) is 6.50. The predicted molar refractivity (Wildman–Crippen MR) is 109 cm³/mol. The molecule has 1 fully saturated rings. The number of nitrogens with one attached hydrogen (secondary N) is 1. The molecule has 31 heavy (non-hydrogen) atoms. The molecular formula is C22H26F3N3O3. The van der Waals surface area contributed by atoms with Crippen LogP contribution in [0, 0.1) is 5.92 Å². The maximum atomic E-state index is 12.8. The van der Waals surface area contributed by atoms with Crippen LogP contribution in [0.5, 0.6) is 0 Å². The maximum Gasteiger partial charge on any atom is 0.416 e. The Hall–Kier alpha value is -2.97. The molecular weight excluding hydrogens is 411 g/mol. The maximum absolute atomic E-state index is 12.8. The summed E-state index contributed by atoms with van der Waals surface area (Å²) in [5.74, 6) is 1.13. The van der Waals surface area contributed by atoms with Gasteiger partial charge in [-0.3, -0.25) is 4.79 Å². The van der Waals surface area contributed by atoms with Crippen LogP contribution < -0.4 is 5.32 Å². The smallest absolute Gasteiger partial charge is 0.416 e. The lowest BCUT2D eigenvalue weighted by molar-refractivity contribution is -0.137. The molecule has 3 rings (SSSR count). The molecule has 1 aliphatic heterocycles. The zero-order valence-electron chi connectivity index (χ0n) is 17.3. The molecule has 1 aliphatic rings. The summed E-state index contributed by atoms with van der Waals surface area (Å²) in [5, 5.41) is 2.60. The molecule has 9 heteroatoms. The molecule has 3 amide bonds. The van der Waals surface area contributed by atoms with Crippen LogP contribution in [0.3, 0.4) is 0 Å². The lowest BCUT2D eigenvalue weighted by Crippen LogP contribution is -2.41. The summed E-state index contributed by atoms with van der Waals surface area (Å²) in [5.41, 5.74) is -0.557. The molecule has 0 bridgehead atoms. The summed E-state index contributed by atoms with van der Waals surface area (Å²) in [4.78, 5) is 28.6. The standard InChI is InChI=1S/C22H26F3N3O3/c1-16-8-11-27(12-9-16)20(29)10-13-28(15-19-3-2-14-31-19)21(30)26-18-6-4-17(5-7-18)22(23,24)25/h2-7,14,16H,8-13,15H2,1H3,(H,26,30). The fraction of sp³-hybridized carbons (Fsp3) is 0.455. The van der Waals surface area contributed by atoms with Crippen LogP contribution in [0.2, 0.25) is 0 Å². The van der Waals surface area contributed by atoms with Crippen LogP contribution >= 0.6 is 0 Å². The van der Waals surface area contributed by atoms with Gasteiger partial charge in [0.1, 0.15) is 5.76 Å². The summed E-state index contributed by atoms with van der Waals surface area (Å²) >= 11 is 0. The second kappa shape index (κ2) is 9.89. The molecule has 2 aromatic rings. The molecule has 0 atom stereocenters.